The zero-order valence-electron chi connectivity index (χ0n) is 17.2. The summed E-state index contributed by atoms with van der Waals surface area (Å²) in [5.41, 5.74) is 0.857. The number of nitrogens with one attached hydrogen (secondary N) is 2. The number of carbonyl (C=O) groups excluding carboxylic acids is 2. The third-order valence-corrected chi connectivity index (χ3v) is 5.15. The van der Waals surface area contributed by atoms with E-state index >= 15 is 0 Å². The van der Waals surface area contributed by atoms with Crippen molar-refractivity contribution in [2.24, 2.45) is 0 Å². The third kappa shape index (κ3) is 4.61. The van der Waals surface area contributed by atoms with Crippen molar-refractivity contribution in [3.63, 3.8) is 0 Å². The van der Waals surface area contributed by atoms with Crippen molar-refractivity contribution >= 4 is 11.8 Å². The first kappa shape index (κ1) is 21.3. The van der Waals surface area contributed by atoms with Crippen LogP contribution in [0, 0.1) is 11.3 Å². The smallest absolute Gasteiger partial charge is 0.243 e. The van der Waals surface area contributed by atoms with Crippen molar-refractivity contribution in [1.82, 2.24) is 10.6 Å². The van der Waals surface area contributed by atoms with Gasteiger partial charge in [0.2, 0.25) is 11.8 Å². The Morgan fingerprint density at radius 2 is 1.93 bits per heavy atom. The minimum Gasteiger partial charge on any atom is -0.485 e. The molecule has 1 aliphatic rings. The van der Waals surface area contributed by atoms with Gasteiger partial charge in [0, 0.05) is 18.9 Å². The summed E-state index contributed by atoms with van der Waals surface area (Å²) in [4.78, 5) is 24.8. The number of rotatable bonds is 5. The number of hydrogen-bond donors (Lipinski definition) is 3. The Hall–Kier alpha value is -3.37. The fourth-order valence-corrected chi connectivity index (χ4v) is 3.58. The summed E-state index contributed by atoms with van der Waals surface area (Å²) in [7, 11) is 0. The fraction of sp³-hybridized carbons (Fsp3) is 0.348. The van der Waals surface area contributed by atoms with E-state index in [9.17, 15) is 20.0 Å². The van der Waals surface area contributed by atoms with Gasteiger partial charge < -0.3 is 20.5 Å². The first-order chi connectivity index (χ1) is 14.2. The lowest BCUT2D eigenvalue weighted by Crippen LogP contribution is -2.56. The van der Waals surface area contributed by atoms with Gasteiger partial charge in [-0.15, -0.1) is 0 Å². The second-order valence-corrected chi connectivity index (χ2v) is 7.94. The summed E-state index contributed by atoms with van der Waals surface area (Å²) in [5, 5.41) is 25.7. The van der Waals surface area contributed by atoms with Crippen LogP contribution in [0.3, 0.4) is 0 Å². The number of amides is 2. The Morgan fingerprint density at radius 1 is 1.23 bits per heavy atom. The molecule has 0 saturated heterocycles. The minimum atomic E-state index is -1.06. The minimum absolute atomic E-state index is 0.306. The quantitative estimate of drug-likeness (QED) is 0.702. The highest BCUT2D eigenvalue weighted by molar-refractivity contribution is 5.87. The van der Waals surface area contributed by atoms with E-state index in [1.807, 2.05) is 30.3 Å². The summed E-state index contributed by atoms with van der Waals surface area (Å²) in [5.74, 6) is -0.260. The molecule has 3 rings (SSSR count). The zero-order valence-corrected chi connectivity index (χ0v) is 17.2. The number of fused-ring (bicyclic) bond motifs is 1. The van der Waals surface area contributed by atoms with Crippen LogP contribution < -0.4 is 15.4 Å². The number of nitrogens with zero attached hydrogens (tertiary/aromatic N) is 1. The average Bonchev–Trinajstić information content (AvgIpc) is 2.70. The van der Waals surface area contributed by atoms with Crippen molar-refractivity contribution in [2.45, 2.75) is 51.0 Å². The van der Waals surface area contributed by atoms with E-state index in [1.54, 1.807) is 32.0 Å². The molecule has 0 aromatic heterocycles. The van der Waals surface area contributed by atoms with Crippen LogP contribution in [-0.4, -0.2) is 34.7 Å². The molecule has 0 radical (unpaired) electrons. The van der Waals surface area contributed by atoms with Crippen LogP contribution in [0.5, 0.6) is 5.75 Å². The van der Waals surface area contributed by atoms with E-state index in [0.29, 0.717) is 23.3 Å². The van der Waals surface area contributed by atoms with Gasteiger partial charge in [-0.1, -0.05) is 30.3 Å². The predicted molar refractivity (Wildman–Crippen MR) is 111 cm³/mol. The maximum absolute atomic E-state index is 13.1. The van der Waals surface area contributed by atoms with Crippen molar-refractivity contribution in [3.05, 3.63) is 65.2 Å². The zero-order chi connectivity index (χ0) is 21.9. The molecule has 1 heterocycles. The molecule has 30 heavy (non-hydrogen) atoms. The van der Waals surface area contributed by atoms with Gasteiger partial charge in [-0.3, -0.25) is 9.59 Å². The molecule has 0 spiro atoms. The average molecular weight is 407 g/mol. The molecule has 0 bridgehead atoms. The van der Waals surface area contributed by atoms with E-state index < -0.39 is 29.7 Å². The third-order valence-electron chi connectivity index (χ3n) is 5.15. The molecule has 1 aliphatic heterocycles. The van der Waals surface area contributed by atoms with E-state index in [4.69, 9.17) is 4.74 Å². The largest absolute Gasteiger partial charge is 0.485 e. The Morgan fingerprint density at radius 3 is 2.57 bits per heavy atom. The molecule has 7 nitrogen and oxygen atoms in total. The lowest BCUT2D eigenvalue weighted by Gasteiger charge is -2.42. The number of hydrogen-bond acceptors (Lipinski definition) is 5. The molecule has 0 saturated carbocycles. The highest BCUT2D eigenvalue weighted by Gasteiger charge is 2.44. The van der Waals surface area contributed by atoms with Crippen molar-refractivity contribution < 1.29 is 19.4 Å². The number of benzene rings is 2. The highest BCUT2D eigenvalue weighted by atomic mass is 16.5. The molecule has 2 aromatic rings. The molecular formula is C23H25N3O4. The molecule has 2 amide bonds. The first-order valence-electron chi connectivity index (χ1n) is 9.74. The van der Waals surface area contributed by atoms with Gasteiger partial charge in [-0.25, -0.2) is 0 Å². The van der Waals surface area contributed by atoms with Gasteiger partial charge >= 0.3 is 0 Å². The Labute approximate surface area is 175 Å². The van der Waals surface area contributed by atoms with Crippen LogP contribution >= 0.6 is 0 Å². The lowest BCUT2D eigenvalue weighted by atomic mass is 9.85. The Bertz CT molecular complexity index is 982. The Kier molecular flexibility index (Phi) is 6.09. The number of carbonyl (C=O) groups is 2. The van der Waals surface area contributed by atoms with Crippen molar-refractivity contribution in [3.8, 4) is 11.8 Å². The van der Waals surface area contributed by atoms with Crippen LogP contribution in [0.4, 0.5) is 0 Å². The van der Waals surface area contributed by atoms with E-state index in [2.05, 4.69) is 16.7 Å². The molecular weight excluding hydrogens is 382 g/mol. The molecule has 0 fully saturated rings. The van der Waals surface area contributed by atoms with Gasteiger partial charge in [-0.05, 0) is 37.6 Å². The molecule has 3 atom stereocenters. The summed E-state index contributed by atoms with van der Waals surface area (Å²) in [6.07, 6.45) is -0.752. The molecule has 2 aromatic carbocycles. The van der Waals surface area contributed by atoms with Crippen LogP contribution in [-0.2, 0) is 16.0 Å². The number of aliphatic hydroxyl groups is 1. The predicted octanol–water partition coefficient (Wildman–Crippen LogP) is 1.99. The number of ether oxygens (including phenoxy) is 1. The van der Waals surface area contributed by atoms with Crippen LogP contribution in [0.25, 0.3) is 0 Å². The lowest BCUT2D eigenvalue weighted by molar-refractivity contribution is -0.131. The SMILES string of the molecule is CC(=O)N[C@H](Cc1ccccc1)C(=O)NC1c2cc(C#N)ccc2OC(C)(C)C1O. The van der Waals surface area contributed by atoms with Crippen LogP contribution in [0.1, 0.15) is 43.5 Å². The highest BCUT2D eigenvalue weighted by Crippen LogP contribution is 2.40. The van der Waals surface area contributed by atoms with Crippen molar-refractivity contribution in [1.29, 1.82) is 5.26 Å². The standard InChI is InChI=1S/C23H25N3O4/c1-14(27)25-18(12-15-7-5-4-6-8-15)22(29)26-20-17-11-16(13-24)9-10-19(17)30-23(2,3)21(20)28/h4-11,18,20-21,28H,12H2,1-3H3,(H,25,27)(H,26,29)/t18-,20?,21?/m1/s1. The topological polar surface area (TPSA) is 111 Å². The second-order valence-electron chi connectivity index (χ2n) is 7.94. The van der Waals surface area contributed by atoms with E-state index in [-0.39, 0.29) is 5.91 Å². The van der Waals surface area contributed by atoms with Crippen LogP contribution in [0.15, 0.2) is 48.5 Å². The fourth-order valence-electron chi connectivity index (χ4n) is 3.58. The normalized spacial score (nSPS) is 20.1. The molecule has 3 N–H and O–H groups in total. The molecule has 0 aliphatic carbocycles. The van der Waals surface area contributed by atoms with Crippen LogP contribution in [0.2, 0.25) is 0 Å². The summed E-state index contributed by atoms with van der Waals surface area (Å²) in [6.45, 7) is 4.81. The first-order valence-corrected chi connectivity index (χ1v) is 9.74. The summed E-state index contributed by atoms with van der Waals surface area (Å²) < 4.78 is 5.88. The maximum Gasteiger partial charge on any atom is 0.243 e. The second kappa shape index (κ2) is 8.56. The monoisotopic (exact) mass is 407 g/mol. The van der Waals surface area contributed by atoms with E-state index in [0.717, 1.165) is 5.56 Å². The summed E-state index contributed by atoms with van der Waals surface area (Å²) in [6, 6.07) is 14.7. The van der Waals surface area contributed by atoms with Gasteiger partial charge in [0.25, 0.3) is 0 Å². The van der Waals surface area contributed by atoms with Crippen molar-refractivity contribution in [2.75, 3.05) is 0 Å². The van der Waals surface area contributed by atoms with Gasteiger partial charge in [0.05, 0.1) is 17.7 Å². The van der Waals surface area contributed by atoms with Gasteiger partial charge in [0.15, 0.2) is 0 Å². The maximum atomic E-state index is 13.1. The van der Waals surface area contributed by atoms with Gasteiger partial charge in [-0.2, -0.15) is 5.26 Å². The Balaban J connectivity index is 1.90. The molecule has 156 valence electrons. The molecule has 2 unspecified atom stereocenters. The van der Waals surface area contributed by atoms with Gasteiger partial charge in [0.1, 0.15) is 23.5 Å². The number of nitriles is 1. The number of aliphatic hydroxyl groups excluding tert-OH is 1. The summed E-state index contributed by atoms with van der Waals surface area (Å²) >= 11 is 0. The van der Waals surface area contributed by atoms with E-state index in [1.165, 1.54) is 6.92 Å². The molecule has 7 heteroatoms.